The fourth-order valence-electron chi connectivity index (χ4n) is 6.27. The lowest BCUT2D eigenvalue weighted by atomic mass is 9.76. The maximum absolute atomic E-state index is 6.50. The van der Waals surface area contributed by atoms with Crippen molar-refractivity contribution in [1.29, 1.82) is 0 Å². The first kappa shape index (κ1) is 27.1. The van der Waals surface area contributed by atoms with Crippen molar-refractivity contribution in [3.63, 3.8) is 0 Å². The lowest BCUT2D eigenvalue weighted by Gasteiger charge is -2.46. The zero-order chi connectivity index (χ0) is 28.0. The molecule has 1 aliphatic carbocycles. The number of nitrogens with one attached hydrogen (secondary N) is 1. The van der Waals surface area contributed by atoms with Crippen molar-refractivity contribution < 1.29 is 9.47 Å². The molecule has 4 aromatic rings. The summed E-state index contributed by atoms with van der Waals surface area (Å²) >= 11 is 0. The third-order valence-electron chi connectivity index (χ3n) is 8.87. The molecule has 0 bridgehead atoms. The molecule has 10 heteroatoms. The molecule has 2 aliphatic rings. The Morgan fingerprint density at radius 2 is 2.02 bits per heavy atom. The van der Waals surface area contributed by atoms with Crippen LogP contribution in [0, 0.1) is 5.92 Å². The van der Waals surface area contributed by atoms with E-state index in [-0.39, 0.29) is 24.0 Å². The fraction of sp³-hybridized carbons (Fsp3) is 0.600. The second kappa shape index (κ2) is 10.7. The third-order valence-corrected chi connectivity index (χ3v) is 8.87. The average molecular weight is 547 g/mol. The smallest absolute Gasteiger partial charge is 0.167 e. The molecule has 2 fully saturated rings. The number of nitrogens with two attached hydrogens (primary N) is 1. The molecule has 1 aromatic carbocycles. The van der Waals surface area contributed by atoms with E-state index in [1.165, 1.54) is 24.7 Å². The number of rotatable bonds is 9. The predicted molar refractivity (Wildman–Crippen MR) is 156 cm³/mol. The minimum atomic E-state index is -0.0959. The molecule has 0 spiro atoms. The van der Waals surface area contributed by atoms with Gasteiger partial charge in [0.15, 0.2) is 11.5 Å². The summed E-state index contributed by atoms with van der Waals surface area (Å²) in [6.45, 7) is 9.74. The first-order chi connectivity index (χ1) is 19.2. The SMILES string of the molecule is COC(C)N(CC1CCC(n2cnc3c(N)ncnc32)O1)C1CC(CCc2nc3ccc(C(C)(C)C)cc3[nH]2)C1. The van der Waals surface area contributed by atoms with E-state index in [0.717, 1.165) is 54.7 Å². The molecule has 10 nitrogen and oxygen atoms in total. The molecule has 40 heavy (non-hydrogen) atoms. The van der Waals surface area contributed by atoms with Crippen molar-refractivity contribution >= 4 is 28.0 Å². The molecule has 3 atom stereocenters. The van der Waals surface area contributed by atoms with E-state index in [4.69, 9.17) is 20.2 Å². The van der Waals surface area contributed by atoms with Gasteiger partial charge in [0.2, 0.25) is 0 Å². The van der Waals surface area contributed by atoms with Gasteiger partial charge in [-0.15, -0.1) is 0 Å². The van der Waals surface area contributed by atoms with Crippen LogP contribution in [0.2, 0.25) is 0 Å². The van der Waals surface area contributed by atoms with Gasteiger partial charge >= 0.3 is 0 Å². The number of nitrogen functional groups attached to an aromatic ring is 1. The summed E-state index contributed by atoms with van der Waals surface area (Å²) in [5.74, 6) is 2.19. The van der Waals surface area contributed by atoms with Gasteiger partial charge in [-0.2, -0.15) is 0 Å². The lowest BCUT2D eigenvalue weighted by Crippen LogP contribution is -2.52. The van der Waals surface area contributed by atoms with E-state index in [9.17, 15) is 0 Å². The number of aromatic amines is 1. The minimum Gasteiger partial charge on any atom is -0.382 e. The molecular weight excluding hydrogens is 504 g/mol. The van der Waals surface area contributed by atoms with Gasteiger partial charge in [-0.1, -0.05) is 26.8 Å². The molecule has 4 heterocycles. The van der Waals surface area contributed by atoms with Gasteiger partial charge in [0, 0.05) is 26.1 Å². The maximum atomic E-state index is 6.50. The first-order valence-corrected chi connectivity index (χ1v) is 14.6. The molecule has 1 saturated heterocycles. The summed E-state index contributed by atoms with van der Waals surface area (Å²) in [4.78, 5) is 23.8. The Hall–Kier alpha value is -3.08. The summed E-state index contributed by atoms with van der Waals surface area (Å²) in [7, 11) is 1.79. The fourth-order valence-corrected chi connectivity index (χ4v) is 6.27. The molecular formula is C30H42N8O2. The Bertz CT molecular complexity index is 1470. The number of benzene rings is 1. The molecule has 6 rings (SSSR count). The van der Waals surface area contributed by atoms with Crippen molar-refractivity contribution in [3.05, 3.63) is 42.2 Å². The van der Waals surface area contributed by atoms with Gasteiger partial charge in [0.05, 0.1) is 23.5 Å². The zero-order valence-electron chi connectivity index (χ0n) is 24.3. The second-order valence-electron chi connectivity index (χ2n) is 12.6. The maximum Gasteiger partial charge on any atom is 0.167 e. The number of imidazole rings is 2. The van der Waals surface area contributed by atoms with Crippen molar-refractivity contribution in [2.24, 2.45) is 5.92 Å². The van der Waals surface area contributed by atoms with Gasteiger partial charge in [-0.05, 0) is 68.1 Å². The highest BCUT2D eigenvalue weighted by atomic mass is 16.5. The summed E-state index contributed by atoms with van der Waals surface area (Å²) in [5, 5.41) is 0. The van der Waals surface area contributed by atoms with Crippen molar-refractivity contribution in [3.8, 4) is 0 Å². The highest BCUT2D eigenvalue weighted by Gasteiger charge is 2.38. The Labute approximate surface area is 235 Å². The largest absolute Gasteiger partial charge is 0.382 e. The van der Waals surface area contributed by atoms with E-state index in [1.54, 1.807) is 13.4 Å². The van der Waals surface area contributed by atoms with Gasteiger partial charge in [-0.3, -0.25) is 9.47 Å². The number of anilines is 1. The Morgan fingerprint density at radius 3 is 2.80 bits per heavy atom. The van der Waals surface area contributed by atoms with Crippen LogP contribution in [0.15, 0.2) is 30.9 Å². The number of hydrogen-bond acceptors (Lipinski definition) is 8. The van der Waals surface area contributed by atoms with Gasteiger partial charge in [0.1, 0.15) is 30.1 Å². The lowest BCUT2D eigenvalue weighted by molar-refractivity contribution is -0.102. The van der Waals surface area contributed by atoms with Crippen molar-refractivity contribution in [1.82, 2.24) is 34.4 Å². The number of aryl methyl sites for hydroxylation is 1. The second-order valence-corrected chi connectivity index (χ2v) is 12.6. The Balaban J connectivity index is 1.03. The van der Waals surface area contributed by atoms with Crippen LogP contribution in [0.1, 0.15) is 77.4 Å². The van der Waals surface area contributed by atoms with Crippen LogP contribution in [0.25, 0.3) is 22.2 Å². The normalized spacial score (nSPS) is 24.2. The van der Waals surface area contributed by atoms with Crippen LogP contribution in [0.4, 0.5) is 5.82 Å². The van der Waals surface area contributed by atoms with Gasteiger partial charge in [0.25, 0.3) is 0 Å². The van der Waals surface area contributed by atoms with E-state index >= 15 is 0 Å². The molecule has 1 saturated carbocycles. The highest BCUT2D eigenvalue weighted by molar-refractivity contribution is 5.81. The standard InChI is InChI=1S/C30H42N8O2/c1-18(39-5)37(15-22-8-11-26(40-22)38-17-34-27-28(31)32-16-33-29(27)38)21-12-19(13-21)6-10-25-35-23-9-7-20(30(2,3)4)14-24(23)36-25/h7,9,14,16-19,21-22,26H,6,8,10-13,15H2,1-5H3,(H,35,36)(H2,31,32,33). The Kier molecular flexibility index (Phi) is 7.27. The number of aromatic nitrogens is 6. The number of nitrogens with zero attached hydrogens (tertiary/aromatic N) is 6. The monoisotopic (exact) mass is 546 g/mol. The molecule has 1 aliphatic heterocycles. The average Bonchev–Trinajstić information content (AvgIpc) is 3.63. The summed E-state index contributed by atoms with van der Waals surface area (Å²) in [6, 6.07) is 7.11. The quantitative estimate of drug-likeness (QED) is 0.283. The minimum absolute atomic E-state index is 0.0441. The van der Waals surface area contributed by atoms with Crippen LogP contribution in [-0.4, -0.2) is 66.4 Å². The first-order valence-electron chi connectivity index (χ1n) is 14.6. The molecule has 0 radical (unpaired) electrons. The summed E-state index contributed by atoms with van der Waals surface area (Å²) in [5.41, 5.74) is 11.0. The van der Waals surface area contributed by atoms with Crippen LogP contribution < -0.4 is 5.73 Å². The zero-order valence-corrected chi connectivity index (χ0v) is 24.3. The number of H-pyrrole nitrogens is 1. The molecule has 3 N–H and O–H groups in total. The van der Waals surface area contributed by atoms with Crippen LogP contribution in [-0.2, 0) is 21.3 Å². The van der Waals surface area contributed by atoms with Gasteiger partial charge in [-0.25, -0.2) is 19.9 Å². The summed E-state index contributed by atoms with van der Waals surface area (Å²) < 4.78 is 14.3. The van der Waals surface area contributed by atoms with Crippen LogP contribution in [0.3, 0.4) is 0 Å². The molecule has 214 valence electrons. The van der Waals surface area contributed by atoms with E-state index < -0.39 is 0 Å². The predicted octanol–water partition coefficient (Wildman–Crippen LogP) is 4.97. The van der Waals surface area contributed by atoms with E-state index in [1.807, 2.05) is 4.57 Å². The third kappa shape index (κ3) is 5.32. The highest BCUT2D eigenvalue weighted by Crippen LogP contribution is 2.38. The topological polar surface area (TPSA) is 120 Å². The molecule has 3 unspecified atom stereocenters. The number of methoxy groups -OCH3 is 1. The van der Waals surface area contributed by atoms with Crippen molar-refractivity contribution in [2.75, 3.05) is 19.4 Å². The molecule has 0 amide bonds. The van der Waals surface area contributed by atoms with Crippen LogP contribution >= 0.6 is 0 Å². The number of hydrogen-bond donors (Lipinski definition) is 2. The van der Waals surface area contributed by atoms with E-state index in [0.29, 0.717) is 23.3 Å². The van der Waals surface area contributed by atoms with Crippen molar-refractivity contribution in [2.45, 2.75) is 96.2 Å². The van der Waals surface area contributed by atoms with Crippen LogP contribution in [0.5, 0.6) is 0 Å². The summed E-state index contributed by atoms with van der Waals surface area (Å²) in [6.07, 6.45) is 9.72. The Morgan fingerprint density at radius 1 is 1.20 bits per heavy atom. The van der Waals surface area contributed by atoms with E-state index in [2.05, 4.69) is 70.7 Å². The number of ether oxygens (including phenoxy) is 2. The van der Waals surface area contributed by atoms with Gasteiger partial charge < -0.3 is 20.2 Å². The number of fused-ring (bicyclic) bond motifs is 2. The molecule has 3 aromatic heterocycles.